The van der Waals surface area contributed by atoms with Crippen molar-refractivity contribution in [2.24, 2.45) is 11.7 Å². The zero-order valence-electron chi connectivity index (χ0n) is 9.83. The maximum Gasteiger partial charge on any atom is 0.163 e. The van der Waals surface area contributed by atoms with Crippen molar-refractivity contribution in [3.8, 4) is 11.5 Å². The van der Waals surface area contributed by atoms with Crippen LogP contribution in [0.1, 0.15) is 31.9 Å². The molecule has 0 bridgehead atoms. The standard InChI is InChI=1S/C12H18FNO2/c1-7(2)4-10(14)9-5-8(13)6-11(16-3)12(9)15/h5-7,10,15H,4,14H2,1-3H3/t10-/m0/s1. The Morgan fingerprint density at radius 2 is 2.06 bits per heavy atom. The first-order chi connectivity index (χ1) is 7.45. The van der Waals surface area contributed by atoms with Gasteiger partial charge in [-0.1, -0.05) is 13.8 Å². The van der Waals surface area contributed by atoms with Crippen molar-refractivity contribution in [1.29, 1.82) is 0 Å². The van der Waals surface area contributed by atoms with Gasteiger partial charge in [0.2, 0.25) is 0 Å². The highest BCUT2D eigenvalue weighted by Crippen LogP contribution is 2.35. The molecule has 90 valence electrons. The number of aromatic hydroxyl groups is 1. The zero-order valence-corrected chi connectivity index (χ0v) is 9.83. The van der Waals surface area contributed by atoms with E-state index in [-0.39, 0.29) is 17.5 Å². The second-order valence-corrected chi connectivity index (χ2v) is 4.28. The van der Waals surface area contributed by atoms with Crippen molar-refractivity contribution < 1.29 is 14.2 Å². The number of benzene rings is 1. The van der Waals surface area contributed by atoms with E-state index >= 15 is 0 Å². The molecule has 3 nitrogen and oxygen atoms in total. The van der Waals surface area contributed by atoms with E-state index in [0.717, 1.165) is 6.07 Å². The van der Waals surface area contributed by atoms with E-state index < -0.39 is 5.82 Å². The molecule has 16 heavy (non-hydrogen) atoms. The first kappa shape index (κ1) is 12.8. The fraction of sp³-hybridized carbons (Fsp3) is 0.500. The Balaban J connectivity index is 3.07. The molecule has 1 aromatic carbocycles. The highest BCUT2D eigenvalue weighted by Gasteiger charge is 2.17. The number of nitrogens with two attached hydrogens (primary N) is 1. The molecule has 0 aliphatic heterocycles. The number of phenolic OH excluding ortho intramolecular Hbond substituents is 1. The highest BCUT2D eigenvalue weighted by atomic mass is 19.1. The minimum absolute atomic E-state index is 0.0722. The Hall–Kier alpha value is -1.29. The third kappa shape index (κ3) is 2.85. The van der Waals surface area contributed by atoms with E-state index in [9.17, 15) is 9.50 Å². The van der Waals surface area contributed by atoms with E-state index in [2.05, 4.69) is 0 Å². The molecule has 0 heterocycles. The summed E-state index contributed by atoms with van der Waals surface area (Å²) < 4.78 is 18.1. The Labute approximate surface area is 95.0 Å². The average Bonchev–Trinajstić information content (AvgIpc) is 2.19. The van der Waals surface area contributed by atoms with E-state index in [1.54, 1.807) is 0 Å². The number of hydrogen-bond donors (Lipinski definition) is 2. The fourth-order valence-corrected chi connectivity index (χ4v) is 1.67. The van der Waals surface area contributed by atoms with Crippen LogP contribution in [0.4, 0.5) is 4.39 Å². The van der Waals surface area contributed by atoms with Crippen molar-refractivity contribution in [3.05, 3.63) is 23.5 Å². The number of halogens is 1. The fourth-order valence-electron chi connectivity index (χ4n) is 1.67. The molecule has 0 spiro atoms. The van der Waals surface area contributed by atoms with Gasteiger partial charge in [0.1, 0.15) is 5.82 Å². The van der Waals surface area contributed by atoms with Gasteiger partial charge < -0.3 is 15.6 Å². The lowest BCUT2D eigenvalue weighted by Crippen LogP contribution is -2.13. The van der Waals surface area contributed by atoms with Gasteiger partial charge in [-0.2, -0.15) is 0 Å². The van der Waals surface area contributed by atoms with Crippen LogP contribution in [0.25, 0.3) is 0 Å². The van der Waals surface area contributed by atoms with Gasteiger partial charge in [-0.3, -0.25) is 0 Å². The van der Waals surface area contributed by atoms with Crippen LogP contribution in [-0.2, 0) is 0 Å². The number of methoxy groups -OCH3 is 1. The minimum Gasteiger partial charge on any atom is -0.504 e. The normalized spacial score (nSPS) is 12.9. The van der Waals surface area contributed by atoms with E-state index in [0.29, 0.717) is 17.9 Å². The van der Waals surface area contributed by atoms with Crippen LogP contribution in [0.5, 0.6) is 11.5 Å². The number of ether oxygens (including phenoxy) is 1. The maximum atomic E-state index is 13.2. The quantitative estimate of drug-likeness (QED) is 0.831. The predicted molar refractivity (Wildman–Crippen MR) is 61.0 cm³/mol. The molecule has 0 saturated heterocycles. The highest BCUT2D eigenvalue weighted by molar-refractivity contribution is 5.47. The van der Waals surface area contributed by atoms with E-state index in [4.69, 9.17) is 10.5 Å². The number of rotatable bonds is 4. The molecule has 0 unspecified atom stereocenters. The van der Waals surface area contributed by atoms with Gasteiger partial charge in [0.05, 0.1) is 7.11 Å². The summed E-state index contributed by atoms with van der Waals surface area (Å²) in [6.45, 7) is 4.04. The van der Waals surface area contributed by atoms with Gasteiger partial charge >= 0.3 is 0 Å². The largest absolute Gasteiger partial charge is 0.504 e. The SMILES string of the molecule is COc1cc(F)cc([C@@H](N)CC(C)C)c1O. The number of phenols is 1. The lowest BCUT2D eigenvalue weighted by molar-refractivity contribution is 0.362. The summed E-state index contributed by atoms with van der Waals surface area (Å²) in [6, 6.07) is 2.01. The van der Waals surface area contributed by atoms with Crippen molar-refractivity contribution in [2.75, 3.05) is 7.11 Å². The van der Waals surface area contributed by atoms with Crippen molar-refractivity contribution >= 4 is 0 Å². The summed E-state index contributed by atoms with van der Waals surface area (Å²) in [4.78, 5) is 0. The lowest BCUT2D eigenvalue weighted by atomic mass is 9.97. The van der Waals surface area contributed by atoms with E-state index in [1.165, 1.54) is 13.2 Å². The van der Waals surface area contributed by atoms with Crippen LogP contribution in [0.2, 0.25) is 0 Å². The molecule has 0 aliphatic carbocycles. The Bertz CT molecular complexity index is 366. The van der Waals surface area contributed by atoms with Crippen LogP contribution < -0.4 is 10.5 Å². The Morgan fingerprint density at radius 1 is 1.44 bits per heavy atom. The van der Waals surface area contributed by atoms with Gasteiger partial charge in [0, 0.05) is 17.7 Å². The van der Waals surface area contributed by atoms with E-state index in [1.807, 2.05) is 13.8 Å². The van der Waals surface area contributed by atoms with Crippen LogP contribution >= 0.6 is 0 Å². The molecule has 1 atom stereocenters. The molecule has 4 heteroatoms. The maximum absolute atomic E-state index is 13.2. The van der Waals surface area contributed by atoms with Gasteiger partial charge in [0.15, 0.2) is 11.5 Å². The van der Waals surface area contributed by atoms with Gasteiger partial charge in [-0.05, 0) is 18.4 Å². The second-order valence-electron chi connectivity index (χ2n) is 4.28. The van der Waals surface area contributed by atoms with Crippen LogP contribution in [0.3, 0.4) is 0 Å². The topological polar surface area (TPSA) is 55.5 Å². The smallest absolute Gasteiger partial charge is 0.163 e. The predicted octanol–water partition coefficient (Wildman–Crippen LogP) is 2.59. The van der Waals surface area contributed by atoms with Gasteiger partial charge in [-0.15, -0.1) is 0 Å². The third-order valence-electron chi connectivity index (χ3n) is 2.41. The Morgan fingerprint density at radius 3 is 2.56 bits per heavy atom. The van der Waals surface area contributed by atoms with Crippen molar-refractivity contribution in [2.45, 2.75) is 26.3 Å². The lowest BCUT2D eigenvalue weighted by Gasteiger charge is -2.17. The molecule has 0 aromatic heterocycles. The molecule has 0 saturated carbocycles. The molecular formula is C12H18FNO2. The van der Waals surface area contributed by atoms with Gasteiger partial charge in [-0.25, -0.2) is 4.39 Å². The number of hydrogen-bond acceptors (Lipinski definition) is 3. The summed E-state index contributed by atoms with van der Waals surface area (Å²) in [6.07, 6.45) is 0.681. The molecule has 0 fully saturated rings. The molecular weight excluding hydrogens is 209 g/mol. The summed E-state index contributed by atoms with van der Waals surface area (Å²) >= 11 is 0. The zero-order chi connectivity index (χ0) is 12.3. The van der Waals surface area contributed by atoms with Gasteiger partial charge in [0.25, 0.3) is 0 Å². The van der Waals surface area contributed by atoms with Crippen LogP contribution in [0.15, 0.2) is 12.1 Å². The summed E-state index contributed by atoms with van der Waals surface area (Å²) in [5.41, 5.74) is 6.30. The monoisotopic (exact) mass is 227 g/mol. The van der Waals surface area contributed by atoms with Crippen molar-refractivity contribution in [3.63, 3.8) is 0 Å². The molecule has 0 radical (unpaired) electrons. The molecule has 0 amide bonds. The molecule has 1 rings (SSSR count). The second kappa shape index (κ2) is 5.16. The third-order valence-corrected chi connectivity index (χ3v) is 2.41. The van der Waals surface area contributed by atoms with Crippen LogP contribution in [0, 0.1) is 11.7 Å². The summed E-state index contributed by atoms with van der Waals surface area (Å²) in [7, 11) is 1.38. The minimum atomic E-state index is -0.455. The molecule has 3 N–H and O–H groups in total. The summed E-state index contributed by atoms with van der Waals surface area (Å²) in [5.74, 6) is -0.0289. The first-order valence-corrected chi connectivity index (χ1v) is 5.27. The average molecular weight is 227 g/mol. The van der Waals surface area contributed by atoms with Crippen molar-refractivity contribution in [1.82, 2.24) is 0 Å². The summed E-state index contributed by atoms with van der Waals surface area (Å²) in [5, 5.41) is 9.82. The first-order valence-electron chi connectivity index (χ1n) is 5.27. The molecule has 0 aliphatic rings. The van der Waals surface area contributed by atoms with Crippen LogP contribution in [-0.4, -0.2) is 12.2 Å². The molecule has 1 aromatic rings. The Kier molecular flexibility index (Phi) is 4.12.